The number of nitrogens with zero attached hydrogens (tertiary/aromatic N) is 1. The van der Waals surface area contributed by atoms with E-state index in [1.165, 1.54) is 0 Å². The average Bonchev–Trinajstić information content (AvgIpc) is 2.42. The van der Waals surface area contributed by atoms with Crippen LogP contribution in [0.2, 0.25) is 0 Å². The monoisotopic (exact) mass is 234 g/mol. The summed E-state index contributed by atoms with van der Waals surface area (Å²) in [6.07, 6.45) is -4.92. The number of aromatic amines is 1. The number of alkyl halides is 3. The number of benzene rings is 1. The molecule has 0 bridgehead atoms. The summed E-state index contributed by atoms with van der Waals surface area (Å²) >= 11 is 0. The molecule has 1 heterocycles. The summed E-state index contributed by atoms with van der Waals surface area (Å²) in [4.78, 5) is 6.58. The van der Waals surface area contributed by atoms with Crippen molar-refractivity contribution in [1.29, 1.82) is 0 Å². The maximum Gasteiger partial charge on any atom is 0.573 e. The van der Waals surface area contributed by atoms with Crippen molar-refractivity contribution in [2.75, 3.05) is 0 Å². The maximum absolute atomic E-state index is 13.2. The molecular weight excluding hydrogens is 228 g/mol. The molecule has 0 amide bonds. The van der Waals surface area contributed by atoms with Gasteiger partial charge in [-0.25, -0.2) is 9.37 Å². The van der Waals surface area contributed by atoms with Crippen molar-refractivity contribution >= 4 is 11.0 Å². The molecule has 2 aromatic rings. The molecule has 0 saturated heterocycles. The number of imidazole rings is 1. The topological polar surface area (TPSA) is 37.9 Å². The Morgan fingerprint density at radius 1 is 1.31 bits per heavy atom. The normalized spacial score (nSPS) is 12.1. The third-order valence-electron chi connectivity index (χ3n) is 1.88. The van der Waals surface area contributed by atoms with Crippen molar-refractivity contribution in [2.24, 2.45) is 0 Å². The van der Waals surface area contributed by atoms with E-state index in [2.05, 4.69) is 14.7 Å². The van der Waals surface area contributed by atoms with Gasteiger partial charge in [-0.1, -0.05) is 0 Å². The van der Waals surface area contributed by atoms with Gasteiger partial charge in [-0.05, 0) is 6.92 Å². The third-order valence-corrected chi connectivity index (χ3v) is 1.88. The van der Waals surface area contributed by atoms with Gasteiger partial charge in [0.25, 0.3) is 0 Å². The second kappa shape index (κ2) is 3.36. The summed E-state index contributed by atoms with van der Waals surface area (Å²) < 4.78 is 52.4. The molecule has 0 aliphatic carbocycles. The molecule has 0 fully saturated rings. The molecule has 3 nitrogen and oxygen atoms in total. The highest BCUT2D eigenvalue weighted by Gasteiger charge is 2.32. The predicted molar refractivity (Wildman–Crippen MR) is 47.5 cm³/mol. The SMILES string of the molecule is Cc1nc2cc(OC(F)(F)F)c(F)cc2[nH]1. The van der Waals surface area contributed by atoms with Crippen molar-refractivity contribution in [3.8, 4) is 5.75 Å². The first-order chi connectivity index (χ1) is 7.35. The lowest BCUT2D eigenvalue weighted by Gasteiger charge is -2.09. The molecule has 0 aliphatic rings. The highest BCUT2D eigenvalue weighted by molar-refractivity contribution is 5.77. The number of aryl methyl sites for hydroxylation is 1. The number of nitrogens with one attached hydrogen (secondary N) is 1. The summed E-state index contributed by atoms with van der Waals surface area (Å²) in [7, 11) is 0. The van der Waals surface area contributed by atoms with Gasteiger partial charge < -0.3 is 9.72 Å². The Hall–Kier alpha value is -1.79. The second-order valence-electron chi connectivity index (χ2n) is 3.17. The number of hydrogen-bond acceptors (Lipinski definition) is 2. The third kappa shape index (κ3) is 2.07. The predicted octanol–water partition coefficient (Wildman–Crippen LogP) is 2.91. The van der Waals surface area contributed by atoms with Crippen LogP contribution in [0.1, 0.15) is 5.82 Å². The first-order valence-corrected chi connectivity index (χ1v) is 4.27. The van der Waals surface area contributed by atoms with Crippen molar-refractivity contribution in [1.82, 2.24) is 9.97 Å². The van der Waals surface area contributed by atoms with E-state index in [4.69, 9.17) is 0 Å². The van der Waals surface area contributed by atoms with Crippen LogP contribution in [0, 0.1) is 12.7 Å². The minimum absolute atomic E-state index is 0.221. The molecule has 0 aliphatic heterocycles. The van der Waals surface area contributed by atoms with Crippen LogP contribution >= 0.6 is 0 Å². The van der Waals surface area contributed by atoms with E-state index in [0.717, 1.165) is 12.1 Å². The molecule has 0 atom stereocenters. The Bertz CT molecular complexity index is 532. The molecule has 2 rings (SSSR count). The van der Waals surface area contributed by atoms with Crippen LogP contribution in [-0.4, -0.2) is 16.3 Å². The van der Waals surface area contributed by atoms with Gasteiger partial charge in [0.05, 0.1) is 11.0 Å². The van der Waals surface area contributed by atoms with Gasteiger partial charge in [0.2, 0.25) is 0 Å². The van der Waals surface area contributed by atoms with Crippen LogP contribution in [0.5, 0.6) is 5.75 Å². The molecule has 0 unspecified atom stereocenters. The van der Waals surface area contributed by atoms with Crippen LogP contribution in [0.3, 0.4) is 0 Å². The fourth-order valence-corrected chi connectivity index (χ4v) is 1.34. The molecule has 86 valence electrons. The lowest BCUT2D eigenvalue weighted by atomic mass is 10.3. The number of ether oxygens (including phenoxy) is 1. The van der Waals surface area contributed by atoms with E-state index < -0.39 is 17.9 Å². The quantitative estimate of drug-likeness (QED) is 0.770. The summed E-state index contributed by atoms with van der Waals surface area (Å²) in [5.74, 6) is -1.49. The zero-order valence-corrected chi connectivity index (χ0v) is 8.02. The molecule has 1 N–H and O–H groups in total. The van der Waals surface area contributed by atoms with Gasteiger partial charge in [0.15, 0.2) is 11.6 Å². The van der Waals surface area contributed by atoms with Crippen LogP contribution in [0.4, 0.5) is 17.6 Å². The molecule has 1 aromatic heterocycles. The zero-order valence-electron chi connectivity index (χ0n) is 8.02. The van der Waals surface area contributed by atoms with E-state index in [1.54, 1.807) is 6.92 Å². The molecule has 7 heteroatoms. The smallest absolute Gasteiger partial charge is 0.403 e. The number of rotatable bonds is 1. The van der Waals surface area contributed by atoms with E-state index in [-0.39, 0.29) is 5.52 Å². The van der Waals surface area contributed by atoms with Gasteiger partial charge in [0.1, 0.15) is 5.82 Å². The first-order valence-electron chi connectivity index (χ1n) is 4.27. The molecule has 1 aromatic carbocycles. The lowest BCUT2D eigenvalue weighted by molar-refractivity contribution is -0.275. The van der Waals surface area contributed by atoms with Crippen molar-refractivity contribution < 1.29 is 22.3 Å². The minimum Gasteiger partial charge on any atom is -0.403 e. The number of aromatic nitrogens is 2. The number of fused-ring (bicyclic) bond motifs is 1. The molecular formula is C9H6F4N2O. The Morgan fingerprint density at radius 2 is 2.00 bits per heavy atom. The summed E-state index contributed by atoms with van der Waals surface area (Å²) in [5, 5.41) is 0. The van der Waals surface area contributed by atoms with Crippen LogP contribution in [0.25, 0.3) is 11.0 Å². The van der Waals surface area contributed by atoms with Crippen LogP contribution in [0.15, 0.2) is 12.1 Å². The van der Waals surface area contributed by atoms with Gasteiger partial charge >= 0.3 is 6.36 Å². The highest BCUT2D eigenvalue weighted by Crippen LogP contribution is 2.28. The van der Waals surface area contributed by atoms with Crippen LogP contribution in [-0.2, 0) is 0 Å². The lowest BCUT2D eigenvalue weighted by Crippen LogP contribution is -2.17. The minimum atomic E-state index is -4.92. The van der Waals surface area contributed by atoms with Crippen LogP contribution < -0.4 is 4.74 Å². The van der Waals surface area contributed by atoms with Gasteiger partial charge in [-0.15, -0.1) is 13.2 Å². The molecule has 0 saturated carbocycles. The van der Waals surface area contributed by atoms with E-state index >= 15 is 0 Å². The average molecular weight is 234 g/mol. The fourth-order valence-electron chi connectivity index (χ4n) is 1.34. The van der Waals surface area contributed by atoms with Gasteiger partial charge in [0, 0.05) is 12.1 Å². The summed E-state index contributed by atoms with van der Waals surface area (Å²) in [6.45, 7) is 1.61. The largest absolute Gasteiger partial charge is 0.573 e. The summed E-state index contributed by atoms with van der Waals surface area (Å²) in [5.41, 5.74) is 0.544. The standard InChI is InChI=1S/C9H6F4N2O/c1-4-14-6-2-5(10)8(3-7(6)15-4)16-9(11,12)13/h2-3H,1H3,(H,14,15). The second-order valence-corrected chi connectivity index (χ2v) is 3.17. The maximum atomic E-state index is 13.2. The molecule has 0 spiro atoms. The first kappa shape index (κ1) is 10.7. The Morgan fingerprint density at radius 3 is 2.62 bits per heavy atom. The zero-order chi connectivity index (χ0) is 11.9. The fraction of sp³-hybridized carbons (Fsp3) is 0.222. The van der Waals surface area contributed by atoms with E-state index in [1.807, 2.05) is 0 Å². The molecule has 16 heavy (non-hydrogen) atoms. The number of hydrogen-bond donors (Lipinski definition) is 1. The summed E-state index contributed by atoms with van der Waals surface area (Å²) in [6, 6.07) is 1.82. The number of H-pyrrole nitrogens is 1. The highest BCUT2D eigenvalue weighted by atomic mass is 19.4. The van der Waals surface area contributed by atoms with Crippen molar-refractivity contribution in [3.05, 3.63) is 23.8 Å². The van der Waals surface area contributed by atoms with E-state index in [9.17, 15) is 17.6 Å². The Labute approximate surface area is 87.0 Å². The van der Waals surface area contributed by atoms with Crippen molar-refractivity contribution in [3.63, 3.8) is 0 Å². The van der Waals surface area contributed by atoms with Gasteiger partial charge in [-0.2, -0.15) is 0 Å². The van der Waals surface area contributed by atoms with E-state index in [0.29, 0.717) is 11.3 Å². The Balaban J connectivity index is 2.49. The number of halogens is 4. The Kier molecular flexibility index (Phi) is 2.25. The molecule has 0 radical (unpaired) electrons. The van der Waals surface area contributed by atoms with Crippen molar-refractivity contribution in [2.45, 2.75) is 13.3 Å². The van der Waals surface area contributed by atoms with Gasteiger partial charge in [-0.3, -0.25) is 0 Å².